The zero-order valence-corrected chi connectivity index (χ0v) is 12.2. The Labute approximate surface area is 120 Å². The van der Waals surface area contributed by atoms with Crippen molar-refractivity contribution in [2.24, 2.45) is 0 Å². The van der Waals surface area contributed by atoms with Crippen LogP contribution < -0.4 is 0 Å². The van der Waals surface area contributed by atoms with Crippen LogP contribution in [0.1, 0.15) is 18.1 Å². The lowest BCUT2D eigenvalue weighted by atomic mass is 9.90. The molecule has 1 N–H and O–H groups in total. The van der Waals surface area contributed by atoms with Gasteiger partial charge in [0.15, 0.2) is 0 Å². The largest absolute Gasteiger partial charge is 0.385 e. The lowest BCUT2D eigenvalue weighted by molar-refractivity contribution is 0.0575. The van der Waals surface area contributed by atoms with E-state index in [1.807, 2.05) is 18.2 Å². The minimum atomic E-state index is -0.937. The topological polar surface area (TPSA) is 33.1 Å². The minimum absolute atomic E-state index is 0.501. The van der Waals surface area contributed by atoms with Gasteiger partial charge in [-0.2, -0.15) is 0 Å². The van der Waals surface area contributed by atoms with Gasteiger partial charge in [-0.25, -0.2) is 0 Å². The van der Waals surface area contributed by atoms with E-state index in [2.05, 4.69) is 20.9 Å². The number of aliphatic hydroxyl groups is 1. The zero-order chi connectivity index (χ0) is 13.2. The Bertz CT molecular complexity index is 540. The molecule has 0 bridgehead atoms. The quantitative estimate of drug-likeness (QED) is 0.926. The number of aromatic nitrogens is 1. The molecular weight excluding hydrogens is 314 g/mol. The van der Waals surface area contributed by atoms with Gasteiger partial charge in [0, 0.05) is 28.3 Å². The molecule has 18 heavy (non-hydrogen) atoms. The molecule has 0 radical (unpaired) electrons. The molecule has 94 valence electrons. The van der Waals surface area contributed by atoms with Crippen molar-refractivity contribution >= 4 is 27.5 Å². The number of benzene rings is 1. The van der Waals surface area contributed by atoms with Crippen LogP contribution >= 0.6 is 27.5 Å². The summed E-state index contributed by atoms with van der Waals surface area (Å²) in [4.78, 5) is 4.10. The molecule has 0 saturated heterocycles. The van der Waals surface area contributed by atoms with Gasteiger partial charge in [0.1, 0.15) is 0 Å². The van der Waals surface area contributed by atoms with Gasteiger partial charge in [-0.3, -0.25) is 4.98 Å². The molecule has 1 aromatic carbocycles. The highest BCUT2D eigenvalue weighted by Crippen LogP contribution is 2.27. The maximum absolute atomic E-state index is 10.5. The Morgan fingerprint density at radius 3 is 2.56 bits per heavy atom. The van der Waals surface area contributed by atoms with Gasteiger partial charge >= 0.3 is 0 Å². The summed E-state index contributed by atoms with van der Waals surface area (Å²) >= 11 is 9.22. The van der Waals surface area contributed by atoms with Crippen LogP contribution in [0.3, 0.4) is 0 Å². The van der Waals surface area contributed by atoms with E-state index >= 15 is 0 Å². The van der Waals surface area contributed by atoms with E-state index in [1.54, 1.807) is 31.5 Å². The average Bonchev–Trinajstić information content (AvgIpc) is 2.29. The molecule has 2 aromatic rings. The van der Waals surface area contributed by atoms with Crippen LogP contribution in [0.5, 0.6) is 0 Å². The van der Waals surface area contributed by atoms with Crippen molar-refractivity contribution in [3.63, 3.8) is 0 Å². The monoisotopic (exact) mass is 325 g/mol. The maximum atomic E-state index is 10.5. The highest BCUT2D eigenvalue weighted by atomic mass is 79.9. The smallest absolute Gasteiger partial charge is 0.0909 e. The van der Waals surface area contributed by atoms with Crippen LogP contribution in [0.25, 0.3) is 0 Å². The van der Waals surface area contributed by atoms with Crippen LogP contribution in [0.4, 0.5) is 0 Å². The lowest BCUT2D eigenvalue weighted by Crippen LogP contribution is -2.24. The fraction of sp³-hybridized carbons (Fsp3) is 0.214. The predicted molar refractivity (Wildman–Crippen MR) is 76.7 cm³/mol. The van der Waals surface area contributed by atoms with Gasteiger partial charge in [0.05, 0.1) is 5.60 Å². The van der Waals surface area contributed by atoms with Gasteiger partial charge < -0.3 is 5.11 Å². The first kappa shape index (κ1) is 13.5. The molecule has 1 heterocycles. The third-order valence-electron chi connectivity index (χ3n) is 2.78. The van der Waals surface area contributed by atoms with Crippen molar-refractivity contribution in [2.75, 3.05) is 0 Å². The summed E-state index contributed by atoms with van der Waals surface area (Å²) in [5.74, 6) is 0. The Morgan fingerprint density at radius 1 is 1.28 bits per heavy atom. The lowest BCUT2D eigenvalue weighted by Gasteiger charge is -2.24. The third kappa shape index (κ3) is 3.31. The molecule has 4 heteroatoms. The second-order valence-electron chi connectivity index (χ2n) is 4.47. The van der Waals surface area contributed by atoms with Gasteiger partial charge in [-0.1, -0.05) is 23.7 Å². The molecule has 0 aliphatic rings. The van der Waals surface area contributed by atoms with Crippen molar-refractivity contribution in [2.45, 2.75) is 18.9 Å². The first-order valence-electron chi connectivity index (χ1n) is 5.55. The molecule has 1 atom stereocenters. The molecular formula is C14H13BrClNO. The molecule has 2 rings (SSSR count). The van der Waals surface area contributed by atoms with Gasteiger partial charge in [0.2, 0.25) is 0 Å². The van der Waals surface area contributed by atoms with E-state index < -0.39 is 5.60 Å². The number of hydrogen-bond donors (Lipinski definition) is 1. The summed E-state index contributed by atoms with van der Waals surface area (Å²) < 4.78 is 0.909. The van der Waals surface area contributed by atoms with E-state index in [9.17, 15) is 5.11 Å². The summed E-state index contributed by atoms with van der Waals surface area (Å²) in [6, 6.07) is 9.20. The van der Waals surface area contributed by atoms with Crippen molar-refractivity contribution in [3.8, 4) is 0 Å². The Hall–Kier alpha value is -0.900. The van der Waals surface area contributed by atoms with Crippen LogP contribution in [0.2, 0.25) is 5.02 Å². The molecule has 0 aliphatic carbocycles. The molecule has 0 aliphatic heterocycles. The average molecular weight is 327 g/mol. The summed E-state index contributed by atoms with van der Waals surface area (Å²) in [5.41, 5.74) is 0.878. The molecule has 1 aromatic heterocycles. The van der Waals surface area contributed by atoms with Crippen molar-refractivity contribution in [1.29, 1.82) is 0 Å². The second-order valence-corrected chi connectivity index (χ2v) is 5.82. The van der Waals surface area contributed by atoms with Crippen LogP contribution in [0, 0.1) is 0 Å². The summed E-state index contributed by atoms with van der Waals surface area (Å²) in [6.07, 6.45) is 3.98. The first-order chi connectivity index (χ1) is 8.47. The molecule has 0 saturated carbocycles. The minimum Gasteiger partial charge on any atom is -0.385 e. The Balaban J connectivity index is 2.23. The standard InChI is InChI=1S/C14H13BrClNO/c1-14(18,11-2-4-13(16)5-3-11)7-10-6-12(15)9-17-8-10/h2-6,8-9,18H,7H2,1H3. The van der Waals surface area contributed by atoms with Crippen LogP contribution in [-0.4, -0.2) is 10.1 Å². The van der Waals surface area contributed by atoms with E-state index in [4.69, 9.17) is 11.6 Å². The zero-order valence-electron chi connectivity index (χ0n) is 9.90. The third-order valence-corrected chi connectivity index (χ3v) is 3.46. The number of nitrogens with zero attached hydrogens (tertiary/aromatic N) is 1. The molecule has 1 unspecified atom stereocenters. The summed E-state index contributed by atoms with van der Waals surface area (Å²) in [6.45, 7) is 1.79. The number of halogens is 2. The van der Waals surface area contributed by atoms with Crippen LogP contribution in [-0.2, 0) is 12.0 Å². The van der Waals surface area contributed by atoms with Crippen molar-refractivity contribution in [3.05, 3.63) is 63.3 Å². The highest BCUT2D eigenvalue weighted by molar-refractivity contribution is 9.10. The van der Waals surface area contributed by atoms with E-state index in [1.165, 1.54) is 0 Å². The fourth-order valence-electron chi connectivity index (χ4n) is 1.86. The van der Waals surface area contributed by atoms with Crippen LogP contribution in [0.15, 0.2) is 47.2 Å². The number of rotatable bonds is 3. The molecule has 0 fully saturated rings. The SMILES string of the molecule is CC(O)(Cc1cncc(Br)c1)c1ccc(Cl)cc1. The first-order valence-corrected chi connectivity index (χ1v) is 6.72. The fourth-order valence-corrected chi connectivity index (χ4v) is 2.40. The Morgan fingerprint density at radius 2 is 1.94 bits per heavy atom. The van der Waals surface area contributed by atoms with Gasteiger partial charge in [-0.05, 0) is 52.2 Å². The summed E-state index contributed by atoms with van der Waals surface area (Å²) in [7, 11) is 0. The normalized spacial score (nSPS) is 14.2. The van der Waals surface area contributed by atoms with Crippen molar-refractivity contribution in [1.82, 2.24) is 4.98 Å². The number of hydrogen-bond acceptors (Lipinski definition) is 2. The second kappa shape index (κ2) is 5.39. The molecule has 2 nitrogen and oxygen atoms in total. The predicted octanol–water partition coefficient (Wildman–Crippen LogP) is 3.95. The van der Waals surface area contributed by atoms with Crippen molar-refractivity contribution < 1.29 is 5.11 Å². The van der Waals surface area contributed by atoms with Gasteiger partial charge in [0.25, 0.3) is 0 Å². The van der Waals surface area contributed by atoms with E-state index in [-0.39, 0.29) is 0 Å². The van der Waals surface area contributed by atoms with Gasteiger partial charge in [-0.15, -0.1) is 0 Å². The highest BCUT2D eigenvalue weighted by Gasteiger charge is 2.23. The number of pyridine rings is 1. The molecule has 0 amide bonds. The van der Waals surface area contributed by atoms with E-state index in [0.717, 1.165) is 15.6 Å². The molecule has 0 spiro atoms. The maximum Gasteiger partial charge on any atom is 0.0909 e. The Kier molecular flexibility index (Phi) is 4.05. The van der Waals surface area contributed by atoms with E-state index in [0.29, 0.717) is 11.4 Å². The summed E-state index contributed by atoms with van der Waals surface area (Å²) in [5, 5.41) is 11.2.